The van der Waals surface area contributed by atoms with Crippen LogP contribution >= 0.6 is 0 Å². The minimum atomic E-state index is -0.742. The predicted octanol–water partition coefficient (Wildman–Crippen LogP) is 4.48. The maximum absolute atomic E-state index is 13.3. The van der Waals surface area contributed by atoms with Crippen LogP contribution in [0.25, 0.3) is 0 Å². The summed E-state index contributed by atoms with van der Waals surface area (Å²) >= 11 is 0. The second-order valence-corrected chi connectivity index (χ2v) is 9.67. The largest absolute Gasteiger partial charge is 0.497 e. The molecule has 3 amide bonds. The number of hydrogen-bond donors (Lipinski definition) is 0. The van der Waals surface area contributed by atoms with Crippen molar-refractivity contribution in [3.63, 3.8) is 0 Å². The lowest BCUT2D eigenvalue weighted by atomic mass is 9.91. The van der Waals surface area contributed by atoms with Crippen molar-refractivity contribution in [2.24, 2.45) is 5.41 Å². The number of benzene rings is 1. The van der Waals surface area contributed by atoms with Crippen LogP contribution in [0.5, 0.6) is 5.75 Å². The van der Waals surface area contributed by atoms with Gasteiger partial charge in [0, 0.05) is 13.0 Å². The van der Waals surface area contributed by atoms with Crippen molar-refractivity contribution in [1.29, 1.82) is 0 Å². The molecule has 31 heavy (non-hydrogen) atoms. The molecule has 1 fully saturated rings. The van der Waals surface area contributed by atoms with Crippen LogP contribution in [0.3, 0.4) is 0 Å². The van der Waals surface area contributed by atoms with E-state index in [2.05, 4.69) is 6.08 Å². The number of rotatable bonds is 7. The number of carbonyl (C=O) groups is 3. The molecule has 0 bridgehead atoms. The van der Waals surface area contributed by atoms with E-state index in [-0.39, 0.29) is 29.6 Å². The highest BCUT2D eigenvalue weighted by Crippen LogP contribution is 2.30. The smallest absolute Gasteiger partial charge is 0.257 e. The fraction of sp³-hybridized carbons (Fsp3) is 0.560. The van der Waals surface area contributed by atoms with E-state index in [0.717, 1.165) is 19.3 Å². The Kier molecular flexibility index (Phi) is 7.19. The fourth-order valence-electron chi connectivity index (χ4n) is 4.27. The van der Waals surface area contributed by atoms with E-state index in [9.17, 15) is 14.4 Å². The molecule has 1 aliphatic carbocycles. The van der Waals surface area contributed by atoms with Gasteiger partial charge < -0.3 is 9.64 Å². The van der Waals surface area contributed by atoms with Crippen LogP contribution in [0, 0.1) is 5.41 Å². The average Bonchev–Trinajstić information content (AvgIpc) is 3.01. The number of allylic oxidation sites excluding steroid dienone is 1. The molecular formula is C25H34N2O4. The Labute approximate surface area is 185 Å². The van der Waals surface area contributed by atoms with Crippen LogP contribution in [-0.4, -0.2) is 42.3 Å². The summed E-state index contributed by atoms with van der Waals surface area (Å²) in [6.45, 7) is 6.51. The molecule has 1 heterocycles. The summed E-state index contributed by atoms with van der Waals surface area (Å²) in [6, 6.07) is 6.10. The first-order chi connectivity index (χ1) is 14.7. The van der Waals surface area contributed by atoms with Gasteiger partial charge in [0.25, 0.3) is 5.91 Å². The molecule has 1 saturated heterocycles. The zero-order valence-corrected chi connectivity index (χ0v) is 19.1. The summed E-state index contributed by atoms with van der Waals surface area (Å²) in [7, 11) is 1.57. The van der Waals surface area contributed by atoms with E-state index < -0.39 is 6.04 Å². The minimum absolute atomic E-state index is 0.0276. The number of carbonyl (C=O) groups excluding carboxylic acids is 3. The van der Waals surface area contributed by atoms with Crippen molar-refractivity contribution < 1.29 is 19.1 Å². The summed E-state index contributed by atoms with van der Waals surface area (Å²) in [4.78, 5) is 42.2. The maximum atomic E-state index is 13.3. The van der Waals surface area contributed by atoms with Gasteiger partial charge in [-0.3, -0.25) is 14.4 Å². The molecule has 0 radical (unpaired) electrons. The molecule has 0 saturated carbocycles. The minimum Gasteiger partial charge on any atom is -0.497 e. The first kappa shape index (κ1) is 23.0. The number of imide groups is 1. The highest BCUT2D eigenvalue weighted by Gasteiger charge is 2.44. The molecule has 1 aromatic rings. The average molecular weight is 427 g/mol. The molecule has 0 spiro atoms. The molecule has 6 nitrogen and oxygen atoms in total. The van der Waals surface area contributed by atoms with Gasteiger partial charge in [-0.25, -0.2) is 4.90 Å². The molecule has 1 atom stereocenters. The van der Waals surface area contributed by atoms with E-state index in [4.69, 9.17) is 4.74 Å². The summed E-state index contributed by atoms with van der Waals surface area (Å²) < 4.78 is 5.17. The molecule has 1 aromatic carbocycles. The van der Waals surface area contributed by atoms with Crippen LogP contribution in [0.4, 0.5) is 5.69 Å². The molecule has 1 aliphatic heterocycles. The molecule has 168 valence electrons. The predicted molar refractivity (Wildman–Crippen MR) is 121 cm³/mol. The Hall–Kier alpha value is -2.63. The molecular weight excluding hydrogens is 392 g/mol. The summed E-state index contributed by atoms with van der Waals surface area (Å²) in [5, 5.41) is 0. The van der Waals surface area contributed by atoms with E-state index in [1.807, 2.05) is 20.8 Å². The topological polar surface area (TPSA) is 66.9 Å². The van der Waals surface area contributed by atoms with Crippen LogP contribution in [0.15, 0.2) is 35.9 Å². The lowest BCUT2D eigenvalue weighted by Crippen LogP contribution is -2.47. The molecule has 2 aliphatic rings. The van der Waals surface area contributed by atoms with E-state index in [1.165, 1.54) is 23.3 Å². The first-order valence-corrected chi connectivity index (χ1v) is 11.2. The number of anilines is 1. The SMILES string of the molecule is COc1ccc(N2C(=O)CC(N(CCC3=CCCCC3)C(=O)CC(C)(C)C)C2=O)cc1. The van der Waals surface area contributed by atoms with Crippen LogP contribution in [0.1, 0.15) is 65.7 Å². The normalized spacial score (nSPS) is 19.4. The van der Waals surface area contributed by atoms with Crippen molar-refractivity contribution in [1.82, 2.24) is 4.90 Å². The first-order valence-electron chi connectivity index (χ1n) is 11.2. The molecule has 6 heteroatoms. The fourth-order valence-corrected chi connectivity index (χ4v) is 4.27. The van der Waals surface area contributed by atoms with Gasteiger partial charge in [-0.1, -0.05) is 32.4 Å². The van der Waals surface area contributed by atoms with Crippen molar-refractivity contribution in [2.45, 2.75) is 71.8 Å². The maximum Gasteiger partial charge on any atom is 0.257 e. The Morgan fingerprint density at radius 2 is 1.87 bits per heavy atom. The Morgan fingerprint density at radius 1 is 1.16 bits per heavy atom. The lowest BCUT2D eigenvalue weighted by molar-refractivity contribution is -0.139. The summed E-state index contributed by atoms with van der Waals surface area (Å²) in [5.74, 6) is -0.00516. The lowest BCUT2D eigenvalue weighted by Gasteiger charge is -2.31. The summed E-state index contributed by atoms with van der Waals surface area (Å²) in [6.07, 6.45) is 7.91. The number of amides is 3. The van der Waals surface area contributed by atoms with Gasteiger partial charge >= 0.3 is 0 Å². The Balaban J connectivity index is 1.81. The van der Waals surface area contributed by atoms with Gasteiger partial charge in [0.1, 0.15) is 11.8 Å². The second kappa shape index (κ2) is 9.67. The molecule has 0 N–H and O–H groups in total. The van der Waals surface area contributed by atoms with Crippen molar-refractivity contribution >= 4 is 23.4 Å². The standard InChI is InChI=1S/C25H34N2O4/c1-25(2,3)17-23(29)26(15-14-18-8-6-5-7-9-18)21-16-22(28)27(24(21)30)19-10-12-20(31-4)13-11-19/h8,10-13,21H,5-7,9,14-17H2,1-4H3. The van der Waals surface area contributed by atoms with Gasteiger partial charge in [0.15, 0.2) is 0 Å². The van der Waals surface area contributed by atoms with Crippen molar-refractivity contribution in [2.75, 3.05) is 18.6 Å². The highest BCUT2D eigenvalue weighted by molar-refractivity contribution is 6.23. The highest BCUT2D eigenvalue weighted by atomic mass is 16.5. The van der Waals surface area contributed by atoms with Gasteiger partial charge in [0.2, 0.25) is 11.8 Å². The van der Waals surface area contributed by atoms with Gasteiger partial charge in [-0.05, 0) is 61.8 Å². The number of hydrogen-bond acceptors (Lipinski definition) is 4. The Bertz CT molecular complexity index is 851. The van der Waals surface area contributed by atoms with Gasteiger partial charge in [-0.2, -0.15) is 0 Å². The molecule has 3 rings (SSSR count). The number of ether oxygens (including phenoxy) is 1. The van der Waals surface area contributed by atoms with Gasteiger partial charge in [-0.15, -0.1) is 0 Å². The zero-order valence-electron chi connectivity index (χ0n) is 19.1. The van der Waals surface area contributed by atoms with Crippen molar-refractivity contribution in [3.05, 3.63) is 35.9 Å². The third-order valence-corrected chi connectivity index (χ3v) is 5.89. The number of methoxy groups -OCH3 is 1. The zero-order chi connectivity index (χ0) is 22.6. The van der Waals surface area contributed by atoms with Crippen LogP contribution in [0.2, 0.25) is 0 Å². The number of nitrogens with zero attached hydrogens (tertiary/aromatic N) is 2. The van der Waals surface area contributed by atoms with Crippen LogP contribution in [-0.2, 0) is 14.4 Å². The third-order valence-electron chi connectivity index (χ3n) is 5.89. The third kappa shape index (κ3) is 5.75. The van der Waals surface area contributed by atoms with Crippen LogP contribution < -0.4 is 9.64 Å². The van der Waals surface area contributed by atoms with Gasteiger partial charge in [0.05, 0.1) is 19.2 Å². The summed E-state index contributed by atoms with van der Waals surface area (Å²) in [5.41, 5.74) is 1.67. The Morgan fingerprint density at radius 3 is 2.45 bits per heavy atom. The molecule has 1 unspecified atom stereocenters. The van der Waals surface area contributed by atoms with E-state index in [0.29, 0.717) is 24.4 Å². The van der Waals surface area contributed by atoms with Crippen molar-refractivity contribution in [3.8, 4) is 5.75 Å². The van der Waals surface area contributed by atoms with E-state index in [1.54, 1.807) is 36.3 Å². The molecule has 0 aromatic heterocycles. The van der Waals surface area contributed by atoms with E-state index >= 15 is 0 Å². The monoisotopic (exact) mass is 426 g/mol. The second-order valence-electron chi connectivity index (χ2n) is 9.67. The quantitative estimate of drug-likeness (QED) is 0.476.